The van der Waals surface area contributed by atoms with Crippen molar-refractivity contribution in [2.75, 3.05) is 5.88 Å². The number of nitriles is 1. The second-order valence-electron chi connectivity index (χ2n) is 2.48. The van der Waals surface area contributed by atoms with Crippen LogP contribution in [0.1, 0.15) is 15.9 Å². The monoisotopic (exact) mass is 323 g/mol. The van der Waals surface area contributed by atoms with E-state index in [1.54, 1.807) is 6.07 Å². The maximum absolute atomic E-state index is 13.4. The van der Waals surface area contributed by atoms with E-state index in [1.165, 1.54) is 12.1 Å². The molecule has 0 radical (unpaired) electrons. The Kier molecular flexibility index (Phi) is 3.84. The highest BCUT2D eigenvalue weighted by atomic mass is 127. The zero-order chi connectivity index (χ0) is 10.7. The molecule has 1 aromatic rings. The smallest absolute Gasteiger partial charge is 0.180 e. The van der Waals surface area contributed by atoms with Crippen molar-refractivity contribution >= 4 is 40.0 Å². The first-order valence-corrected chi connectivity index (χ1v) is 5.19. The lowest BCUT2D eigenvalue weighted by atomic mass is 10.1. The van der Waals surface area contributed by atoms with Crippen LogP contribution in [0, 0.1) is 20.7 Å². The molecular weight excluding hydrogens is 319 g/mol. The maximum atomic E-state index is 13.4. The third-order valence-corrected chi connectivity index (χ3v) is 2.45. The third-order valence-electron chi connectivity index (χ3n) is 1.58. The molecule has 0 bridgehead atoms. The average Bonchev–Trinajstić information content (AvgIpc) is 2.19. The first-order valence-electron chi connectivity index (χ1n) is 3.58. The molecule has 72 valence electrons. The number of Topliss-reactive ketones (excluding diaryl/α,β-unsaturated/α-hetero) is 1. The topological polar surface area (TPSA) is 40.9 Å². The maximum Gasteiger partial charge on any atom is 0.180 e. The summed E-state index contributed by atoms with van der Waals surface area (Å²) in [5.74, 6) is -1.60. The van der Waals surface area contributed by atoms with Crippen molar-refractivity contribution in [2.24, 2.45) is 0 Å². The first kappa shape index (κ1) is 11.4. The lowest BCUT2D eigenvalue weighted by Crippen LogP contribution is -2.06. The van der Waals surface area contributed by atoms with E-state index in [0.717, 1.165) is 0 Å². The second-order valence-corrected chi connectivity index (χ2v) is 4.00. The van der Waals surface area contributed by atoms with E-state index in [-0.39, 0.29) is 17.0 Å². The van der Waals surface area contributed by atoms with Crippen LogP contribution in [0.25, 0.3) is 0 Å². The molecule has 0 N–H and O–H groups in total. The van der Waals surface area contributed by atoms with Gasteiger partial charge in [-0.25, -0.2) is 4.39 Å². The molecule has 0 aliphatic heterocycles. The van der Waals surface area contributed by atoms with Crippen LogP contribution in [0.3, 0.4) is 0 Å². The minimum atomic E-state index is -0.793. The Morgan fingerprint density at radius 2 is 2.29 bits per heavy atom. The predicted octanol–water partition coefficient (Wildman–Crippen LogP) is 2.72. The van der Waals surface area contributed by atoms with Crippen molar-refractivity contribution in [1.82, 2.24) is 0 Å². The highest BCUT2D eigenvalue weighted by Crippen LogP contribution is 2.18. The fraction of sp³-hybridized carbons (Fsp3) is 0.111. The van der Waals surface area contributed by atoms with Gasteiger partial charge in [-0.2, -0.15) is 5.26 Å². The highest BCUT2D eigenvalue weighted by Gasteiger charge is 2.15. The highest BCUT2D eigenvalue weighted by molar-refractivity contribution is 14.1. The molecule has 0 aliphatic rings. The number of nitrogens with zero attached hydrogens (tertiary/aromatic N) is 1. The van der Waals surface area contributed by atoms with Crippen LogP contribution in [0.5, 0.6) is 0 Å². The van der Waals surface area contributed by atoms with Crippen molar-refractivity contribution in [3.63, 3.8) is 0 Å². The standard InChI is InChI=1S/C9H4ClFINO/c10-3-8(14)7-2-6(12)1-5(4-13)9(7)11/h1-2H,3H2. The summed E-state index contributed by atoms with van der Waals surface area (Å²) in [5.41, 5.74) is -0.256. The summed E-state index contributed by atoms with van der Waals surface area (Å²) in [5, 5.41) is 8.58. The van der Waals surface area contributed by atoms with Gasteiger partial charge in [0.1, 0.15) is 6.07 Å². The number of carbonyl (C=O) groups excluding carboxylic acids is 1. The molecule has 0 heterocycles. The van der Waals surface area contributed by atoms with Crippen LogP contribution in [-0.2, 0) is 0 Å². The van der Waals surface area contributed by atoms with Gasteiger partial charge in [0.25, 0.3) is 0 Å². The van der Waals surface area contributed by atoms with Crippen LogP contribution < -0.4 is 0 Å². The molecule has 0 spiro atoms. The lowest BCUT2D eigenvalue weighted by Gasteiger charge is -2.02. The Bertz CT molecular complexity index is 428. The molecule has 0 aromatic heterocycles. The molecular formula is C9H4ClFINO. The molecule has 0 unspecified atom stereocenters. The number of rotatable bonds is 2. The van der Waals surface area contributed by atoms with E-state index < -0.39 is 11.6 Å². The third kappa shape index (κ3) is 2.22. The zero-order valence-electron chi connectivity index (χ0n) is 6.85. The first-order chi connectivity index (χ1) is 6.60. The van der Waals surface area contributed by atoms with Gasteiger partial charge in [-0.3, -0.25) is 4.79 Å². The molecule has 2 nitrogen and oxygen atoms in total. The molecule has 1 rings (SSSR count). The summed E-state index contributed by atoms with van der Waals surface area (Å²) in [6.45, 7) is 0. The van der Waals surface area contributed by atoms with Gasteiger partial charge in [-0.05, 0) is 34.7 Å². The number of hydrogen-bond donors (Lipinski definition) is 0. The molecule has 0 saturated heterocycles. The van der Waals surface area contributed by atoms with Crippen molar-refractivity contribution in [3.8, 4) is 6.07 Å². The second kappa shape index (κ2) is 4.71. The fourth-order valence-corrected chi connectivity index (χ4v) is 1.71. The van der Waals surface area contributed by atoms with Gasteiger partial charge < -0.3 is 0 Å². The Morgan fingerprint density at radius 3 is 2.79 bits per heavy atom. The van der Waals surface area contributed by atoms with Crippen LogP contribution in [0.15, 0.2) is 12.1 Å². The Labute approximate surface area is 98.8 Å². The van der Waals surface area contributed by atoms with Crippen LogP contribution >= 0.6 is 34.2 Å². The van der Waals surface area contributed by atoms with Gasteiger partial charge >= 0.3 is 0 Å². The average molecular weight is 323 g/mol. The summed E-state index contributed by atoms with van der Waals surface area (Å²) in [6, 6.07) is 4.43. The van der Waals surface area contributed by atoms with Crippen LogP contribution in [0.2, 0.25) is 0 Å². The fourth-order valence-electron chi connectivity index (χ4n) is 0.945. The number of benzene rings is 1. The predicted molar refractivity (Wildman–Crippen MR) is 58.9 cm³/mol. The van der Waals surface area contributed by atoms with E-state index in [0.29, 0.717) is 3.57 Å². The van der Waals surface area contributed by atoms with E-state index in [4.69, 9.17) is 16.9 Å². The van der Waals surface area contributed by atoms with Gasteiger partial charge in [0.15, 0.2) is 11.6 Å². The molecule has 14 heavy (non-hydrogen) atoms. The Balaban J connectivity index is 3.38. The summed E-state index contributed by atoms with van der Waals surface area (Å²) in [4.78, 5) is 11.2. The number of carbonyl (C=O) groups is 1. The largest absolute Gasteiger partial charge is 0.293 e. The zero-order valence-corrected chi connectivity index (χ0v) is 9.76. The van der Waals surface area contributed by atoms with Gasteiger partial charge in [-0.15, -0.1) is 11.6 Å². The molecule has 0 fully saturated rings. The van der Waals surface area contributed by atoms with Gasteiger partial charge in [-0.1, -0.05) is 0 Å². The normalized spacial score (nSPS) is 9.57. The van der Waals surface area contributed by atoms with Crippen molar-refractivity contribution in [1.29, 1.82) is 5.26 Å². The summed E-state index contributed by atoms with van der Waals surface area (Å²) in [7, 11) is 0. The van der Waals surface area contributed by atoms with Crippen molar-refractivity contribution < 1.29 is 9.18 Å². The minimum absolute atomic E-state index is 0.122. The summed E-state index contributed by atoms with van der Waals surface area (Å²) < 4.78 is 14.0. The van der Waals surface area contributed by atoms with E-state index in [1.807, 2.05) is 22.6 Å². The summed E-state index contributed by atoms with van der Waals surface area (Å²) >= 11 is 7.21. The number of alkyl halides is 1. The van der Waals surface area contributed by atoms with Gasteiger partial charge in [0.2, 0.25) is 0 Å². The van der Waals surface area contributed by atoms with E-state index in [2.05, 4.69) is 0 Å². The quantitative estimate of drug-likeness (QED) is 0.477. The van der Waals surface area contributed by atoms with E-state index in [9.17, 15) is 9.18 Å². The molecule has 0 saturated carbocycles. The SMILES string of the molecule is N#Cc1cc(I)cc(C(=O)CCl)c1F. The van der Waals surface area contributed by atoms with Gasteiger partial charge in [0, 0.05) is 3.57 Å². The molecule has 0 amide bonds. The molecule has 5 heteroatoms. The number of ketones is 1. The minimum Gasteiger partial charge on any atom is -0.293 e. The number of halogens is 3. The van der Waals surface area contributed by atoms with Gasteiger partial charge in [0.05, 0.1) is 17.0 Å². The number of hydrogen-bond acceptors (Lipinski definition) is 2. The summed E-state index contributed by atoms with van der Waals surface area (Å²) in [6.07, 6.45) is 0. The van der Waals surface area contributed by atoms with Crippen LogP contribution in [0.4, 0.5) is 4.39 Å². The van der Waals surface area contributed by atoms with E-state index >= 15 is 0 Å². The molecule has 1 aromatic carbocycles. The van der Waals surface area contributed by atoms with Crippen molar-refractivity contribution in [2.45, 2.75) is 0 Å². The van der Waals surface area contributed by atoms with Crippen molar-refractivity contribution in [3.05, 3.63) is 32.6 Å². The Hall–Kier alpha value is -0.670. The lowest BCUT2D eigenvalue weighted by molar-refractivity contribution is 0.101. The Morgan fingerprint density at radius 1 is 1.64 bits per heavy atom. The van der Waals surface area contributed by atoms with Crippen LogP contribution in [-0.4, -0.2) is 11.7 Å². The molecule has 0 atom stereocenters. The molecule has 0 aliphatic carbocycles.